The van der Waals surface area contributed by atoms with Gasteiger partial charge in [0, 0.05) is 4.47 Å². The zero-order valence-electron chi connectivity index (χ0n) is 16.0. The van der Waals surface area contributed by atoms with Crippen LogP contribution in [0.4, 0.5) is 5.69 Å². The van der Waals surface area contributed by atoms with E-state index < -0.39 is 12.6 Å². The molecule has 1 aliphatic heterocycles. The van der Waals surface area contributed by atoms with Crippen LogP contribution in [0.1, 0.15) is 5.56 Å². The van der Waals surface area contributed by atoms with Crippen molar-refractivity contribution < 1.29 is 28.9 Å². The van der Waals surface area contributed by atoms with E-state index in [-0.39, 0.29) is 22.5 Å². The quantitative estimate of drug-likeness (QED) is 0.449. The number of carboxylic acids is 1. The Hall–Kier alpha value is -3.11. The number of aliphatic carboxylic acids is 1. The monoisotopic (exact) mass is 492 g/mol. The number of methoxy groups -OCH3 is 2. The SMILES string of the molecule is COc1ccc(N2C(=O)C(=Cc3cc(OC)c(OCC(=O)O)cc3Br)NC2=S)cc1. The molecule has 3 rings (SSSR count). The summed E-state index contributed by atoms with van der Waals surface area (Å²) in [6, 6.07) is 10.2. The molecule has 0 spiro atoms. The molecule has 156 valence electrons. The van der Waals surface area contributed by atoms with Crippen LogP contribution in [0.3, 0.4) is 0 Å². The van der Waals surface area contributed by atoms with Crippen LogP contribution >= 0.6 is 28.1 Å². The van der Waals surface area contributed by atoms with Crippen molar-refractivity contribution in [2.45, 2.75) is 0 Å². The predicted octanol–water partition coefficient (Wildman–Crippen LogP) is 3.19. The lowest BCUT2D eigenvalue weighted by Crippen LogP contribution is -2.30. The number of carbonyl (C=O) groups is 2. The van der Waals surface area contributed by atoms with Crippen molar-refractivity contribution >= 4 is 56.9 Å². The van der Waals surface area contributed by atoms with Gasteiger partial charge in [0.1, 0.15) is 11.4 Å². The fraction of sp³-hybridized carbons (Fsp3) is 0.150. The van der Waals surface area contributed by atoms with Gasteiger partial charge in [-0.05, 0) is 60.3 Å². The van der Waals surface area contributed by atoms with Crippen molar-refractivity contribution in [3.8, 4) is 17.2 Å². The maximum Gasteiger partial charge on any atom is 0.341 e. The molecule has 1 heterocycles. The number of hydrogen-bond donors (Lipinski definition) is 2. The molecular weight excluding hydrogens is 476 g/mol. The van der Waals surface area contributed by atoms with Gasteiger partial charge in [0.25, 0.3) is 5.91 Å². The molecule has 10 heteroatoms. The smallest absolute Gasteiger partial charge is 0.341 e. The van der Waals surface area contributed by atoms with E-state index in [1.54, 1.807) is 49.6 Å². The standard InChI is InChI=1S/C20H17BrN2O6S/c1-27-13-5-3-12(4-6-13)23-19(26)15(22-20(23)30)7-11-8-16(28-2)17(9-14(11)21)29-10-18(24)25/h3-9H,10H2,1-2H3,(H,22,30)(H,24,25). The Morgan fingerprint density at radius 2 is 1.90 bits per heavy atom. The van der Waals surface area contributed by atoms with E-state index in [1.807, 2.05) is 0 Å². The highest BCUT2D eigenvalue weighted by Crippen LogP contribution is 2.35. The van der Waals surface area contributed by atoms with Crippen molar-refractivity contribution in [1.29, 1.82) is 0 Å². The van der Waals surface area contributed by atoms with Gasteiger partial charge in [-0.15, -0.1) is 0 Å². The molecule has 1 aliphatic rings. The second-order valence-electron chi connectivity index (χ2n) is 6.03. The molecule has 0 saturated carbocycles. The second kappa shape index (κ2) is 9.14. The maximum atomic E-state index is 12.9. The van der Waals surface area contributed by atoms with Crippen LogP contribution in [-0.2, 0) is 9.59 Å². The lowest BCUT2D eigenvalue weighted by Gasteiger charge is -2.14. The Kier molecular flexibility index (Phi) is 6.58. The lowest BCUT2D eigenvalue weighted by atomic mass is 10.1. The van der Waals surface area contributed by atoms with Crippen LogP contribution < -0.4 is 24.4 Å². The molecule has 2 N–H and O–H groups in total. The van der Waals surface area contributed by atoms with E-state index >= 15 is 0 Å². The van der Waals surface area contributed by atoms with E-state index in [0.717, 1.165) is 0 Å². The molecule has 2 aromatic rings. The molecule has 30 heavy (non-hydrogen) atoms. The minimum absolute atomic E-state index is 0.251. The summed E-state index contributed by atoms with van der Waals surface area (Å²) in [6.45, 7) is -0.506. The largest absolute Gasteiger partial charge is 0.497 e. The molecule has 1 saturated heterocycles. The summed E-state index contributed by atoms with van der Waals surface area (Å²) in [5.41, 5.74) is 1.50. The molecule has 0 aromatic heterocycles. The highest BCUT2D eigenvalue weighted by atomic mass is 79.9. The zero-order valence-corrected chi connectivity index (χ0v) is 18.4. The van der Waals surface area contributed by atoms with Gasteiger partial charge >= 0.3 is 5.97 Å². The van der Waals surface area contributed by atoms with Crippen molar-refractivity contribution in [1.82, 2.24) is 5.32 Å². The molecule has 0 bridgehead atoms. The topological polar surface area (TPSA) is 97.3 Å². The predicted molar refractivity (Wildman–Crippen MR) is 118 cm³/mol. The number of carbonyl (C=O) groups excluding carboxylic acids is 1. The van der Waals surface area contributed by atoms with Crippen molar-refractivity contribution in [2.24, 2.45) is 0 Å². The molecule has 1 fully saturated rings. The van der Waals surface area contributed by atoms with E-state index in [1.165, 1.54) is 12.0 Å². The molecule has 0 radical (unpaired) electrons. The Morgan fingerprint density at radius 3 is 2.50 bits per heavy atom. The van der Waals surface area contributed by atoms with Crippen LogP contribution in [0.2, 0.25) is 0 Å². The summed E-state index contributed by atoms with van der Waals surface area (Å²) in [7, 11) is 3.00. The number of rotatable bonds is 7. The average Bonchev–Trinajstić information content (AvgIpc) is 3.01. The minimum Gasteiger partial charge on any atom is -0.497 e. The van der Waals surface area contributed by atoms with Gasteiger partial charge in [0.2, 0.25) is 0 Å². The van der Waals surface area contributed by atoms with Crippen LogP contribution in [-0.4, -0.2) is 42.9 Å². The van der Waals surface area contributed by atoms with Crippen molar-refractivity contribution in [2.75, 3.05) is 25.7 Å². The number of halogens is 1. The van der Waals surface area contributed by atoms with Gasteiger partial charge in [-0.3, -0.25) is 9.69 Å². The first-order valence-electron chi connectivity index (χ1n) is 8.57. The fourth-order valence-electron chi connectivity index (χ4n) is 2.73. The van der Waals surface area contributed by atoms with Gasteiger partial charge in [-0.25, -0.2) is 4.79 Å². The minimum atomic E-state index is -1.10. The van der Waals surface area contributed by atoms with Crippen molar-refractivity contribution in [3.05, 3.63) is 52.1 Å². The van der Waals surface area contributed by atoms with Gasteiger partial charge in [-0.2, -0.15) is 0 Å². The third kappa shape index (κ3) is 4.55. The number of anilines is 1. The highest BCUT2D eigenvalue weighted by molar-refractivity contribution is 9.10. The van der Waals surface area contributed by atoms with Gasteiger partial charge in [0.05, 0.1) is 19.9 Å². The first-order valence-corrected chi connectivity index (χ1v) is 9.77. The van der Waals surface area contributed by atoms with Gasteiger partial charge in [0.15, 0.2) is 23.2 Å². The number of carboxylic acid groups (broad SMARTS) is 1. The number of amides is 1. The second-order valence-corrected chi connectivity index (χ2v) is 7.27. The number of nitrogens with one attached hydrogen (secondary N) is 1. The fourth-order valence-corrected chi connectivity index (χ4v) is 3.46. The molecule has 1 amide bonds. The Balaban J connectivity index is 1.90. The summed E-state index contributed by atoms with van der Waals surface area (Å²) in [4.78, 5) is 25.1. The number of thiocarbonyl (C=S) groups is 1. The van der Waals surface area contributed by atoms with Crippen molar-refractivity contribution in [3.63, 3.8) is 0 Å². The number of benzene rings is 2. The Labute approximate surface area is 186 Å². The summed E-state index contributed by atoms with van der Waals surface area (Å²) in [5, 5.41) is 12.0. The van der Waals surface area contributed by atoms with Crippen LogP contribution in [0.15, 0.2) is 46.6 Å². The normalized spacial score (nSPS) is 14.6. The Bertz CT molecular complexity index is 1040. The summed E-state index contributed by atoms with van der Waals surface area (Å²) < 4.78 is 16.2. The summed E-state index contributed by atoms with van der Waals surface area (Å²) in [6.07, 6.45) is 1.62. The lowest BCUT2D eigenvalue weighted by molar-refractivity contribution is -0.139. The molecule has 0 atom stereocenters. The molecule has 2 aromatic carbocycles. The average molecular weight is 493 g/mol. The van der Waals surface area contributed by atoms with Gasteiger partial charge < -0.3 is 24.6 Å². The zero-order chi connectivity index (χ0) is 21.8. The molecule has 8 nitrogen and oxygen atoms in total. The van der Waals surface area contributed by atoms with E-state index in [0.29, 0.717) is 27.2 Å². The van der Waals surface area contributed by atoms with E-state index in [4.69, 9.17) is 31.5 Å². The summed E-state index contributed by atoms with van der Waals surface area (Å²) in [5.74, 6) is -0.169. The van der Waals surface area contributed by atoms with Crippen LogP contribution in [0.25, 0.3) is 6.08 Å². The van der Waals surface area contributed by atoms with E-state index in [9.17, 15) is 9.59 Å². The third-order valence-electron chi connectivity index (χ3n) is 4.14. The Morgan fingerprint density at radius 1 is 1.20 bits per heavy atom. The van der Waals surface area contributed by atoms with Crippen LogP contribution in [0, 0.1) is 0 Å². The van der Waals surface area contributed by atoms with Gasteiger partial charge in [-0.1, -0.05) is 15.9 Å². The number of ether oxygens (including phenoxy) is 3. The molecule has 0 aliphatic carbocycles. The summed E-state index contributed by atoms with van der Waals surface area (Å²) >= 11 is 8.73. The number of nitrogens with zero attached hydrogens (tertiary/aromatic N) is 1. The molecule has 0 unspecified atom stereocenters. The van der Waals surface area contributed by atoms with E-state index in [2.05, 4.69) is 21.2 Å². The highest BCUT2D eigenvalue weighted by Gasteiger charge is 2.32. The number of hydrogen-bond acceptors (Lipinski definition) is 6. The first-order chi connectivity index (χ1) is 14.3. The van der Waals surface area contributed by atoms with Crippen LogP contribution in [0.5, 0.6) is 17.2 Å². The maximum absolute atomic E-state index is 12.9. The molecular formula is C20H17BrN2O6S. The first kappa shape index (κ1) is 21.6. The third-order valence-corrected chi connectivity index (χ3v) is 5.11.